The van der Waals surface area contributed by atoms with Crippen LogP contribution in [-0.4, -0.2) is 18.1 Å². The minimum atomic E-state index is 0.828. The summed E-state index contributed by atoms with van der Waals surface area (Å²) in [7, 11) is 0. The Bertz CT molecular complexity index is 306. The third kappa shape index (κ3) is 2.72. The second-order valence-electron chi connectivity index (χ2n) is 4.28. The third-order valence-corrected chi connectivity index (χ3v) is 4.81. The Morgan fingerprint density at radius 1 is 1.25 bits per heavy atom. The van der Waals surface area contributed by atoms with Crippen molar-refractivity contribution in [1.29, 1.82) is 0 Å². The largest absolute Gasteiger partial charge is 0.348 e. The first kappa shape index (κ1) is 12.2. The normalized spacial score (nSPS) is 17.5. The van der Waals surface area contributed by atoms with Crippen molar-refractivity contribution in [1.82, 2.24) is 4.98 Å². The lowest BCUT2D eigenvalue weighted by Gasteiger charge is -2.18. The van der Waals surface area contributed by atoms with Crippen molar-refractivity contribution in [2.24, 2.45) is 0 Å². The number of thiazole rings is 1. The maximum atomic E-state index is 4.76. The summed E-state index contributed by atoms with van der Waals surface area (Å²) in [6.45, 7) is 4.54. The summed E-state index contributed by atoms with van der Waals surface area (Å²) >= 11 is 6.22. The van der Waals surface area contributed by atoms with E-state index in [2.05, 4.69) is 24.5 Å². The molecule has 0 spiro atoms. The van der Waals surface area contributed by atoms with Gasteiger partial charge in [-0.15, -0.1) is 11.3 Å². The summed E-state index contributed by atoms with van der Waals surface area (Å²) in [5.74, 6) is 0.828. The van der Waals surface area contributed by atoms with E-state index in [4.69, 9.17) is 4.98 Å². The first-order valence-electron chi connectivity index (χ1n) is 6.19. The lowest BCUT2D eigenvalue weighted by Crippen LogP contribution is -2.23. The van der Waals surface area contributed by atoms with Crippen molar-refractivity contribution in [2.45, 2.75) is 44.8 Å². The van der Waals surface area contributed by atoms with Gasteiger partial charge in [-0.25, -0.2) is 4.98 Å². The lowest BCUT2D eigenvalue weighted by atomic mass is 10.2. The summed E-state index contributed by atoms with van der Waals surface area (Å²) in [5, 5.41) is 1.22. The van der Waals surface area contributed by atoms with Gasteiger partial charge in [0.1, 0.15) is 0 Å². The minimum Gasteiger partial charge on any atom is -0.348 e. The topological polar surface area (TPSA) is 16.1 Å². The fourth-order valence-electron chi connectivity index (χ4n) is 2.17. The second kappa shape index (κ2) is 5.92. The van der Waals surface area contributed by atoms with Gasteiger partial charge < -0.3 is 4.90 Å². The number of hydrogen-bond acceptors (Lipinski definition) is 4. The molecule has 0 N–H and O–H groups in total. The van der Waals surface area contributed by atoms with Crippen LogP contribution in [0, 0.1) is 0 Å². The number of anilines is 1. The number of rotatable bonds is 3. The van der Waals surface area contributed by atoms with Gasteiger partial charge in [-0.1, -0.05) is 19.8 Å². The predicted molar refractivity (Wildman–Crippen MR) is 74.9 cm³/mol. The summed E-state index contributed by atoms with van der Waals surface area (Å²) in [4.78, 5) is 8.57. The molecule has 0 aromatic carbocycles. The molecule has 2 heterocycles. The van der Waals surface area contributed by atoms with Gasteiger partial charge in [-0.3, -0.25) is 0 Å². The van der Waals surface area contributed by atoms with Crippen molar-refractivity contribution in [2.75, 3.05) is 18.0 Å². The van der Waals surface area contributed by atoms with E-state index < -0.39 is 0 Å². The quantitative estimate of drug-likeness (QED) is 0.833. The number of thiol groups is 1. The predicted octanol–water partition coefficient (Wildman–Crippen LogP) is 3.52. The van der Waals surface area contributed by atoms with Crippen molar-refractivity contribution in [3.8, 4) is 0 Å². The number of nitrogens with zero attached hydrogens (tertiary/aromatic N) is 2. The van der Waals surface area contributed by atoms with E-state index in [0.29, 0.717) is 0 Å². The lowest BCUT2D eigenvalue weighted by molar-refractivity contribution is 0.726. The molecule has 0 saturated carbocycles. The van der Waals surface area contributed by atoms with Crippen LogP contribution in [0.2, 0.25) is 0 Å². The first-order valence-corrected chi connectivity index (χ1v) is 7.64. The maximum absolute atomic E-state index is 4.76. The van der Waals surface area contributed by atoms with E-state index in [9.17, 15) is 0 Å². The first-order chi connectivity index (χ1) is 7.85. The highest BCUT2D eigenvalue weighted by atomic mass is 32.1. The fourth-order valence-corrected chi connectivity index (χ4v) is 3.60. The third-order valence-electron chi connectivity index (χ3n) is 3.12. The molecule has 2 nitrogen and oxygen atoms in total. The van der Waals surface area contributed by atoms with Gasteiger partial charge in [0, 0.05) is 23.7 Å². The van der Waals surface area contributed by atoms with Gasteiger partial charge in [0.25, 0.3) is 0 Å². The van der Waals surface area contributed by atoms with Crippen LogP contribution in [-0.2, 0) is 12.2 Å². The van der Waals surface area contributed by atoms with Crippen LogP contribution in [0.3, 0.4) is 0 Å². The molecule has 1 aliphatic rings. The molecule has 4 heteroatoms. The highest BCUT2D eigenvalue weighted by Gasteiger charge is 2.15. The summed E-state index contributed by atoms with van der Waals surface area (Å²) in [6, 6.07) is 0. The summed E-state index contributed by atoms with van der Waals surface area (Å²) in [5.41, 5.74) is 1.25. The van der Waals surface area contributed by atoms with E-state index >= 15 is 0 Å². The van der Waals surface area contributed by atoms with Crippen LogP contribution in [0.5, 0.6) is 0 Å². The number of aromatic nitrogens is 1. The minimum absolute atomic E-state index is 0.828. The highest BCUT2D eigenvalue weighted by Crippen LogP contribution is 2.29. The monoisotopic (exact) mass is 256 g/mol. The molecule has 1 aromatic rings. The van der Waals surface area contributed by atoms with Gasteiger partial charge in [-0.05, 0) is 19.3 Å². The van der Waals surface area contributed by atoms with E-state index in [1.807, 2.05) is 11.3 Å². The average molecular weight is 256 g/mol. The van der Waals surface area contributed by atoms with E-state index in [1.165, 1.54) is 54.5 Å². The van der Waals surface area contributed by atoms with E-state index in [0.717, 1.165) is 12.2 Å². The zero-order valence-corrected chi connectivity index (χ0v) is 11.6. The van der Waals surface area contributed by atoms with Crippen LogP contribution >= 0.6 is 24.0 Å². The van der Waals surface area contributed by atoms with E-state index in [1.54, 1.807) is 0 Å². The van der Waals surface area contributed by atoms with Crippen LogP contribution in [0.1, 0.15) is 43.2 Å². The molecule has 0 atom stereocenters. The molecule has 0 bridgehead atoms. The molecular formula is C12H20N2S2. The standard InChI is InChI=1S/C12H20N2S2/c1-2-10-11(9-15)16-12(13-10)14-7-5-3-4-6-8-14/h15H,2-9H2,1H3. The Kier molecular flexibility index (Phi) is 4.53. The summed E-state index contributed by atoms with van der Waals surface area (Å²) < 4.78 is 0. The van der Waals surface area contributed by atoms with Gasteiger partial charge in [0.2, 0.25) is 0 Å². The van der Waals surface area contributed by atoms with Crippen LogP contribution in [0.25, 0.3) is 0 Å². The zero-order chi connectivity index (χ0) is 11.4. The van der Waals surface area contributed by atoms with E-state index in [-0.39, 0.29) is 0 Å². The van der Waals surface area contributed by atoms with Crippen molar-refractivity contribution >= 4 is 29.1 Å². The molecule has 0 amide bonds. The molecule has 0 radical (unpaired) electrons. The van der Waals surface area contributed by atoms with Crippen molar-refractivity contribution in [3.63, 3.8) is 0 Å². The molecule has 16 heavy (non-hydrogen) atoms. The Morgan fingerprint density at radius 3 is 2.44 bits per heavy atom. The van der Waals surface area contributed by atoms with Crippen molar-refractivity contribution in [3.05, 3.63) is 10.6 Å². The van der Waals surface area contributed by atoms with Crippen LogP contribution in [0.15, 0.2) is 0 Å². The molecular weight excluding hydrogens is 236 g/mol. The second-order valence-corrected chi connectivity index (χ2v) is 5.66. The summed E-state index contributed by atoms with van der Waals surface area (Å²) in [6.07, 6.45) is 6.42. The molecule has 1 saturated heterocycles. The zero-order valence-electron chi connectivity index (χ0n) is 9.91. The van der Waals surface area contributed by atoms with Crippen LogP contribution in [0.4, 0.5) is 5.13 Å². The molecule has 0 unspecified atom stereocenters. The molecule has 0 aliphatic carbocycles. The maximum Gasteiger partial charge on any atom is 0.185 e. The van der Waals surface area contributed by atoms with Gasteiger partial charge in [0.05, 0.1) is 5.69 Å². The van der Waals surface area contributed by atoms with Gasteiger partial charge in [-0.2, -0.15) is 12.6 Å². The molecule has 1 fully saturated rings. The average Bonchev–Trinajstić information content (AvgIpc) is 2.54. The number of aryl methyl sites for hydroxylation is 1. The van der Waals surface area contributed by atoms with Crippen molar-refractivity contribution < 1.29 is 0 Å². The Morgan fingerprint density at radius 2 is 1.94 bits per heavy atom. The highest BCUT2D eigenvalue weighted by molar-refractivity contribution is 7.79. The molecule has 1 aromatic heterocycles. The smallest absolute Gasteiger partial charge is 0.185 e. The fraction of sp³-hybridized carbons (Fsp3) is 0.750. The SMILES string of the molecule is CCc1nc(N2CCCCCC2)sc1CS. The Hall–Kier alpha value is -0.220. The molecule has 2 rings (SSSR count). The Balaban J connectivity index is 2.15. The van der Waals surface area contributed by atoms with Gasteiger partial charge in [0.15, 0.2) is 5.13 Å². The molecule has 90 valence electrons. The molecule has 1 aliphatic heterocycles. The number of hydrogen-bond donors (Lipinski definition) is 1. The Labute approximate surface area is 107 Å². The van der Waals surface area contributed by atoms with Crippen LogP contribution < -0.4 is 4.90 Å². The van der Waals surface area contributed by atoms with Gasteiger partial charge >= 0.3 is 0 Å².